The van der Waals surface area contributed by atoms with Gasteiger partial charge in [-0.25, -0.2) is 4.79 Å². The Bertz CT molecular complexity index is 908. The van der Waals surface area contributed by atoms with Crippen LogP contribution in [0.1, 0.15) is 50.0 Å². The summed E-state index contributed by atoms with van der Waals surface area (Å²) >= 11 is 0. The molecule has 164 valence electrons. The molecule has 0 unspecified atom stereocenters. The van der Waals surface area contributed by atoms with Crippen LogP contribution in [-0.2, 0) is 23.8 Å². The number of benzene rings is 1. The summed E-state index contributed by atoms with van der Waals surface area (Å²) in [5, 5.41) is 5.37. The van der Waals surface area contributed by atoms with E-state index in [1.165, 1.54) is 12.7 Å². The molecule has 0 amide bonds. The van der Waals surface area contributed by atoms with E-state index >= 15 is 0 Å². The van der Waals surface area contributed by atoms with Gasteiger partial charge in [0.15, 0.2) is 0 Å². The zero-order valence-electron chi connectivity index (χ0n) is 18.4. The summed E-state index contributed by atoms with van der Waals surface area (Å²) in [7, 11) is 1.33. The van der Waals surface area contributed by atoms with Crippen molar-refractivity contribution in [3.05, 3.63) is 35.1 Å². The lowest BCUT2D eigenvalue weighted by Gasteiger charge is -2.35. The average molecular weight is 418 g/mol. The van der Waals surface area contributed by atoms with E-state index in [0.717, 1.165) is 47.3 Å². The summed E-state index contributed by atoms with van der Waals surface area (Å²) in [5.74, 6) is -0.577. The number of furan rings is 1. The standard InChI is InChI=1S/C23H31NO6/c1-15-17(3)30-21-12-19(9-10-20(15)21)16(2)24-29-11-7-6-8-18-13-27-23(4,28-14-18)22(25)26-5/h9-10,12,18H,6-8,11,13-14H2,1-5H3. The number of aryl methyl sites for hydroxylation is 2. The van der Waals surface area contributed by atoms with Gasteiger partial charge in [-0.1, -0.05) is 17.3 Å². The van der Waals surface area contributed by atoms with Gasteiger partial charge in [0.05, 0.1) is 26.0 Å². The van der Waals surface area contributed by atoms with Crippen molar-refractivity contribution in [2.24, 2.45) is 11.1 Å². The highest BCUT2D eigenvalue weighted by atomic mass is 16.7. The highest BCUT2D eigenvalue weighted by molar-refractivity contribution is 6.01. The number of esters is 1. The third-order valence-corrected chi connectivity index (χ3v) is 5.64. The molecule has 2 aromatic rings. The molecule has 1 saturated heterocycles. The first-order valence-corrected chi connectivity index (χ1v) is 10.4. The highest BCUT2D eigenvalue weighted by Crippen LogP contribution is 2.26. The summed E-state index contributed by atoms with van der Waals surface area (Å²) in [6.07, 6.45) is 2.80. The quantitative estimate of drug-likeness (QED) is 0.272. The third kappa shape index (κ3) is 5.02. The van der Waals surface area contributed by atoms with E-state index in [0.29, 0.717) is 19.8 Å². The van der Waals surface area contributed by atoms with Crippen LogP contribution in [0.5, 0.6) is 0 Å². The molecule has 1 aliphatic rings. The third-order valence-electron chi connectivity index (χ3n) is 5.64. The maximum absolute atomic E-state index is 11.7. The Morgan fingerprint density at radius 3 is 2.67 bits per heavy atom. The van der Waals surface area contributed by atoms with Crippen molar-refractivity contribution in [1.82, 2.24) is 0 Å². The maximum Gasteiger partial charge on any atom is 0.366 e. The van der Waals surface area contributed by atoms with Gasteiger partial charge in [0.25, 0.3) is 5.79 Å². The largest absolute Gasteiger partial charge is 0.465 e. The molecule has 1 aliphatic heterocycles. The van der Waals surface area contributed by atoms with E-state index in [-0.39, 0.29) is 5.92 Å². The summed E-state index contributed by atoms with van der Waals surface area (Å²) < 4.78 is 21.6. The normalized spacial score (nSPS) is 22.3. The van der Waals surface area contributed by atoms with Crippen molar-refractivity contribution < 1.29 is 28.3 Å². The molecule has 0 saturated carbocycles. The summed E-state index contributed by atoms with van der Waals surface area (Å²) in [6, 6.07) is 6.11. The molecule has 1 fully saturated rings. The van der Waals surface area contributed by atoms with Crippen LogP contribution in [0.25, 0.3) is 11.0 Å². The number of hydrogen-bond donors (Lipinski definition) is 0. The second kappa shape index (κ2) is 9.62. The van der Waals surface area contributed by atoms with Crippen LogP contribution in [0.15, 0.2) is 27.8 Å². The smallest absolute Gasteiger partial charge is 0.366 e. The lowest BCUT2D eigenvalue weighted by Crippen LogP contribution is -2.48. The molecule has 0 N–H and O–H groups in total. The molecular formula is C23H31NO6. The molecular weight excluding hydrogens is 386 g/mol. The number of unbranched alkanes of at least 4 members (excludes halogenated alkanes) is 1. The molecule has 2 heterocycles. The molecule has 1 aromatic carbocycles. The molecule has 0 spiro atoms. The number of carbonyl (C=O) groups excluding carboxylic acids is 1. The van der Waals surface area contributed by atoms with Crippen LogP contribution in [0.4, 0.5) is 0 Å². The Kier molecular flexibility index (Phi) is 7.15. The Balaban J connectivity index is 1.38. The number of fused-ring (bicyclic) bond motifs is 1. The minimum atomic E-state index is -1.28. The van der Waals surface area contributed by atoms with Gasteiger partial charge in [0, 0.05) is 23.8 Å². The fraction of sp³-hybridized carbons (Fsp3) is 0.565. The second-order valence-electron chi connectivity index (χ2n) is 7.93. The van der Waals surface area contributed by atoms with Crippen molar-refractivity contribution in [2.75, 3.05) is 26.9 Å². The van der Waals surface area contributed by atoms with Crippen LogP contribution >= 0.6 is 0 Å². The van der Waals surface area contributed by atoms with Gasteiger partial charge in [-0.15, -0.1) is 0 Å². The molecule has 7 heteroatoms. The molecule has 30 heavy (non-hydrogen) atoms. The van der Waals surface area contributed by atoms with Gasteiger partial charge in [-0.05, 0) is 51.7 Å². The van der Waals surface area contributed by atoms with E-state index in [9.17, 15) is 4.79 Å². The molecule has 7 nitrogen and oxygen atoms in total. The molecule has 0 aliphatic carbocycles. The number of hydrogen-bond acceptors (Lipinski definition) is 7. The monoisotopic (exact) mass is 417 g/mol. The number of ether oxygens (including phenoxy) is 3. The summed E-state index contributed by atoms with van der Waals surface area (Å²) in [4.78, 5) is 17.2. The second-order valence-corrected chi connectivity index (χ2v) is 7.93. The van der Waals surface area contributed by atoms with E-state index in [4.69, 9.17) is 23.5 Å². The summed E-state index contributed by atoms with van der Waals surface area (Å²) in [6.45, 7) is 9.08. The van der Waals surface area contributed by atoms with Crippen LogP contribution < -0.4 is 0 Å². The van der Waals surface area contributed by atoms with Crippen molar-refractivity contribution >= 4 is 22.7 Å². The molecule has 0 radical (unpaired) electrons. The Morgan fingerprint density at radius 2 is 1.97 bits per heavy atom. The molecule has 3 rings (SSSR count). The molecule has 0 atom stereocenters. The first kappa shape index (κ1) is 22.3. The zero-order chi connectivity index (χ0) is 21.7. The first-order valence-electron chi connectivity index (χ1n) is 10.4. The maximum atomic E-state index is 11.7. The topological polar surface area (TPSA) is 79.5 Å². The fourth-order valence-electron chi connectivity index (χ4n) is 3.48. The van der Waals surface area contributed by atoms with Gasteiger partial charge >= 0.3 is 5.97 Å². The Labute approximate surface area is 177 Å². The SMILES string of the molecule is COC(=O)C1(C)OCC(CCCCON=C(C)c2ccc3c(C)c(C)oc3c2)CO1. The number of carbonyl (C=O) groups is 1. The summed E-state index contributed by atoms with van der Waals surface area (Å²) in [5.41, 5.74) is 3.85. The lowest BCUT2D eigenvalue weighted by atomic mass is 10.0. The zero-order valence-corrected chi connectivity index (χ0v) is 18.4. The number of rotatable bonds is 8. The minimum absolute atomic E-state index is 0.264. The minimum Gasteiger partial charge on any atom is -0.465 e. The van der Waals surface area contributed by atoms with Crippen molar-refractivity contribution in [3.8, 4) is 0 Å². The Hall–Kier alpha value is -2.38. The van der Waals surface area contributed by atoms with Crippen molar-refractivity contribution in [3.63, 3.8) is 0 Å². The lowest BCUT2D eigenvalue weighted by molar-refractivity contribution is -0.272. The number of methoxy groups -OCH3 is 1. The Morgan fingerprint density at radius 1 is 1.23 bits per heavy atom. The van der Waals surface area contributed by atoms with Crippen molar-refractivity contribution in [1.29, 1.82) is 0 Å². The predicted octanol–water partition coefficient (Wildman–Crippen LogP) is 4.51. The number of nitrogens with zero attached hydrogens (tertiary/aromatic N) is 1. The van der Waals surface area contributed by atoms with Crippen LogP contribution in [0.3, 0.4) is 0 Å². The van der Waals surface area contributed by atoms with E-state index < -0.39 is 11.8 Å². The van der Waals surface area contributed by atoms with Gasteiger partial charge in [-0.3, -0.25) is 0 Å². The van der Waals surface area contributed by atoms with Crippen LogP contribution in [-0.4, -0.2) is 44.4 Å². The van der Waals surface area contributed by atoms with Crippen molar-refractivity contribution in [2.45, 2.75) is 52.7 Å². The van der Waals surface area contributed by atoms with Gasteiger partial charge < -0.3 is 23.5 Å². The predicted molar refractivity (Wildman–Crippen MR) is 114 cm³/mol. The molecule has 1 aromatic heterocycles. The van der Waals surface area contributed by atoms with E-state index in [2.05, 4.69) is 18.1 Å². The first-order chi connectivity index (χ1) is 14.3. The fourth-order valence-corrected chi connectivity index (χ4v) is 3.48. The highest BCUT2D eigenvalue weighted by Gasteiger charge is 2.41. The van der Waals surface area contributed by atoms with E-state index in [1.54, 1.807) is 6.92 Å². The van der Waals surface area contributed by atoms with Gasteiger partial charge in [-0.2, -0.15) is 0 Å². The van der Waals surface area contributed by atoms with Gasteiger partial charge in [0.2, 0.25) is 0 Å². The van der Waals surface area contributed by atoms with E-state index in [1.807, 2.05) is 26.0 Å². The molecule has 0 bridgehead atoms. The number of oxime groups is 1. The van der Waals surface area contributed by atoms with Crippen LogP contribution in [0, 0.1) is 19.8 Å². The average Bonchev–Trinajstić information content (AvgIpc) is 3.04. The van der Waals surface area contributed by atoms with Crippen LogP contribution in [0.2, 0.25) is 0 Å². The van der Waals surface area contributed by atoms with Gasteiger partial charge in [0.1, 0.15) is 18.0 Å².